The third-order valence-electron chi connectivity index (χ3n) is 4.76. The van der Waals surface area contributed by atoms with Crippen LogP contribution in [0.15, 0.2) is 23.2 Å². The van der Waals surface area contributed by atoms with Crippen molar-refractivity contribution in [2.24, 2.45) is 16.1 Å². The predicted octanol–water partition coefficient (Wildman–Crippen LogP) is 3.63. The van der Waals surface area contributed by atoms with Gasteiger partial charge in [0.1, 0.15) is 0 Å². The van der Waals surface area contributed by atoms with Crippen molar-refractivity contribution >= 4 is 11.6 Å². The van der Waals surface area contributed by atoms with Gasteiger partial charge in [-0.1, -0.05) is 12.5 Å². The first-order chi connectivity index (χ1) is 10.5. The second kappa shape index (κ2) is 7.63. The number of aliphatic imine (C=N–C) groups is 1. The standard InChI is InChI=1S/C18H29N3O/c1-4-22-11-10-18(8-5-9-18)13-20-17(19)21-16-7-6-14(2)15(3)12-16/h6-7,12H,4-5,8-11,13H2,1-3H3,(H3,19,20,21). The van der Waals surface area contributed by atoms with E-state index >= 15 is 0 Å². The number of hydrogen-bond donors (Lipinski definition) is 2. The van der Waals surface area contributed by atoms with Gasteiger partial charge in [-0.3, -0.25) is 4.99 Å². The van der Waals surface area contributed by atoms with E-state index in [2.05, 4.69) is 36.3 Å². The van der Waals surface area contributed by atoms with Gasteiger partial charge in [-0.25, -0.2) is 0 Å². The van der Waals surface area contributed by atoms with Crippen molar-refractivity contribution in [2.45, 2.75) is 46.5 Å². The summed E-state index contributed by atoms with van der Waals surface area (Å²) in [6.45, 7) is 8.66. The predicted molar refractivity (Wildman–Crippen MR) is 93.4 cm³/mol. The van der Waals surface area contributed by atoms with Crippen LogP contribution in [0.5, 0.6) is 0 Å². The largest absolute Gasteiger partial charge is 0.382 e. The summed E-state index contributed by atoms with van der Waals surface area (Å²) in [7, 11) is 0. The number of nitrogens with one attached hydrogen (secondary N) is 1. The number of rotatable bonds is 7. The van der Waals surface area contributed by atoms with Crippen LogP contribution in [0.1, 0.15) is 43.7 Å². The fourth-order valence-electron chi connectivity index (χ4n) is 2.86. The first-order valence-electron chi connectivity index (χ1n) is 8.27. The van der Waals surface area contributed by atoms with E-state index < -0.39 is 0 Å². The Hall–Kier alpha value is -1.55. The van der Waals surface area contributed by atoms with Crippen molar-refractivity contribution in [2.75, 3.05) is 25.1 Å². The molecule has 2 rings (SSSR count). The molecule has 0 aliphatic heterocycles. The fourth-order valence-corrected chi connectivity index (χ4v) is 2.86. The molecule has 0 unspecified atom stereocenters. The monoisotopic (exact) mass is 303 g/mol. The first-order valence-corrected chi connectivity index (χ1v) is 8.27. The number of hydrogen-bond acceptors (Lipinski definition) is 2. The lowest BCUT2D eigenvalue weighted by molar-refractivity contribution is 0.0610. The second-order valence-corrected chi connectivity index (χ2v) is 6.43. The van der Waals surface area contributed by atoms with Crippen molar-refractivity contribution in [3.8, 4) is 0 Å². The van der Waals surface area contributed by atoms with E-state index in [1.165, 1.54) is 30.4 Å². The number of nitrogens with two attached hydrogens (primary N) is 1. The molecule has 1 fully saturated rings. The number of nitrogens with zero attached hydrogens (tertiary/aromatic N) is 1. The number of ether oxygens (including phenoxy) is 1. The third kappa shape index (κ3) is 4.47. The zero-order valence-electron chi connectivity index (χ0n) is 14.1. The van der Waals surface area contributed by atoms with E-state index in [1.54, 1.807) is 0 Å². The highest BCUT2D eigenvalue weighted by Gasteiger charge is 2.36. The summed E-state index contributed by atoms with van der Waals surface area (Å²) in [5.74, 6) is 0.505. The molecule has 1 aliphatic rings. The molecule has 4 nitrogen and oxygen atoms in total. The molecule has 1 saturated carbocycles. The van der Waals surface area contributed by atoms with Crippen molar-refractivity contribution < 1.29 is 4.74 Å². The van der Waals surface area contributed by atoms with Crippen LogP contribution in [0.25, 0.3) is 0 Å². The summed E-state index contributed by atoms with van der Waals surface area (Å²) >= 11 is 0. The van der Waals surface area contributed by atoms with Crippen molar-refractivity contribution in [3.05, 3.63) is 29.3 Å². The summed E-state index contributed by atoms with van der Waals surface area (Å²) < 4.78 is 5.50. The minimum absolute atomic E-state index is 0.310. The van der Waals surface area contributed by atoms with E-state index in [4.69, 9.17) is 10.5 Å². The smallest absolute Gasteiger partial charge is 0.193 e. The molecule has 0 heterocycles. The lowest BCUT2D eigenvalue weighted by Gasteiger charge is -2.40. The van der Waals surface area contributed by atoms with Gasteiger partial charge in [0.05, 0.1) is 0 Å². The van der Waals surface area contributed by atoms with Gasteiger partial charge in [0, 0.05) is 25.4 Å². The minimum Gasteiger partial charge on any atom is -0.382 e. The summed E-state index contributed by atoms with van der Waals surface area (Å²) in [6, 6.07) is 6.24. The molecular weight excluding hydrogens is 274 g/mol. The second-order valence-electron chi connectivity index (χ2n) is 6.43. The molecule has 0 radical (unpaired) electrons. The Morgan fingerprint density at radius 1 is 1.32 bits per heavy atom. The molecule has 0 atom stereocenters. The van der Waals surface area contributed by atoms with Gasteiger partial charge in [-0.05, 0) is 68.7 Å². The van der Waals surface area contributed by atoms with E-state index in [-0.39, 0.29) is 0 Å². The van der Waals surface area contributed by atoms with Crippen LogP contribution < -0.4 is 11.1 Å². The molecule has 1 aliphatic carbocycles. The maximum Gasteiger partial charge on any atom is 0.193 e. The average molecular weight is 303 g/mol. The lowest BCUT2D eigenvalue weighted by atomic mass is 9.67. The van der Waals surface area contributed by atoms with Gasteiger partial charge in [0.15, 0.2) is 5.96 Å². The van der Waals surface area contributed by atoms with Crippen LogP contribution in [0.2, 0.25) is 0 Å². The van der Waals surface area contributed by atoms with Gasteiger partial charge < -0.3 is 15.8 Å². The molecule has 3 N–H and O–H groups in total. The van der Waals surface area contributed by atoms with Crippen molar-refractivity contribution in [3.63, 3.8) is 0 Å². The zero-order valence-corrected chi connectivity index (χ0v) is 14.1. The Morgan fingerprint density at radius 3 is 2.68 bits per heavy atom. The van der Waals surface area contributed by atoms with Gasteiger partial charge in [0.2, 0.25) is 0 Å². The molecule has 122 valence electrons. The van der Waals surface area contributed by atoms with Crippen LogP contribution in [-0.2, 0) is 4.74 Å². The van der Waals surface area contributed by atoms with E-state index in [9.17, 15) is 0 Å². The molecule has 0 amide bonds. The Kier molecular flexibility index (Phi) is 5.83. The number of anilines is 1. The zero-order chi connectivity index (χ0) is 16.0. The van der Waals surface area contributed by atoms with Crippen LogP contribution in [0.3, 0.4) is 0 Å². The molecule has 1 aromatic carbocycles. The normalized spacial score (nSPS) is 17.1. The minimum atomic E-state index is 0.310. The highest BCUT2D eigenvalue weighted by Crippen LogP contribution is 2.44. The van der Waals surface area contributed by atoms with Crippen LogP contribution in [0.4, 0.5) is 5.69 Å². The SMILES string of the molecule is CCOCCC1(CN=C(N)Nc2ccc(C)c(C)c2)CCC1. The number of guanidine groups is 1. The topological polar surface area (TPSA) is 59.6 Å². The maximum absolute atomic E-state index is 6.04. The summed E-state index contributed by atoms with van der Waals surface area (Å²) in [6.07, 6.45) is 4.86. The highest BCUT2D eigenvalue weighted by atomic mass is 16.5. The number of aryl methyl sites for hydroxylation is 2. The summed E-state index contributed by atoms with van der Waals surface area (Å²) in [5.41, 5.74) is 9.89. The molecular formula is C18H29N3O. The van der Waals surface area contributed by atoms with Crippen LogP contribution in [-0.4, -0.2) is 25.7 Å². The molecule has 0 spiro atoms. The Labute approximate surface area is 134 Å². The molecule has 0 aromatic heterocycles. The first kappa shape index (κ1) is 16.8. The molecule has 0 saturated heterocycles. The third-order valence-corrected chi connectivity index (χ3v) is 4.76. The molecule has 0 bridgehead atoms. The van der Waals surface area contributed by atoms with Gasteiger partial charge in [-0.2, -0.15) is 0 Å². The van der Waals surface area contributed by atoms with Gasteiger partial charge >= 0.3 is 0 Å². The maximum atomic E-state index is 6.04. The van der Waals surface area contributed by atoms with E-state index in [1.807, 2.05) is 13.0 Å². The summed E-state index contributed by atoms with van der Waals surface area (Å²) in [5, 5.41) is 3.19. The van der Waals surface area contributed by atoms with Gasteiger partial charge in [0.25, 0.3) is 0 Å². The van der Waals surface area contributed by atoms with Crippen LogP contribution >= 0.6 is 0 Å². The van der Waals surface area contributed by atoms with Crippen molar-refractivity contribution in [1.82, 2.24) is 0 Å². The number of benzene rings is 1. The molecule has 4 heteroatoms. The lowest BCUT2D eigenvalue weighted by Crippen LogP contribution is -2.35. The van der Waals surface area contributed by atoms with E-state index in [0.29, 0.717) is 11.4 Å². The Morgan fingerprint density at radius 2 is 2.09 bits per heavy atom. The molecule has 22 heavy (non-hydrogen) atoms. The Balaban J connectivity index is 1.89. The van der Waals surface area contributed by atoms with Gasteiger partial charge in [-0.15, -0.1) is 0 Å². The van der Waals surface area contributed by atoms with Crippen molar-refractivity contribution in [1.29, 1.82) is 0 Å². The van der Waals surface area contributed by atoms with Crippen LogP contribution in [0, 0.1) is 19.3 Å². The highest BCUT2D eigenvalue weighted by molar-refractivity contribution is 5.92. The molecule has 1 aromatic rings. The Bertz CT molecular complexity index is 521. The fraction of sp³-hybridized carbons (Fsp3) is 0.611. The summed E-state index contributed by atoms with van der Waals surface area (Å²) in [4.78, 5) is 4.57. The van der Waals surface area contributed by atoms with E-state index in [0.717, 1.165) is 31.9 Å². The quantitative estimate of drug-likeness (QED) is 0.459. The average Bonchev–Trinajstić information content (AvgIpc) is 2.45.